The quantitative estimate of drug-likeness (QED) is 0.293. The van der Waals surface area contributed by atoms with E-state index in [4.69, 9.17) is 4.74 Å². The Morgan fingerprint density at radius 2 is 2.33 bits per heavy atom. The van der Waals surface area contributed by atoms with Crippen LogP contribution in [-0.2, 0) is 9.53 Å². The van der Waals surface area contributed by atoms with Crippen molar-refractivity contribution in [3.8, 4) is 0 Å². The average Bonchev–Trinajstić information content (AvgIpc) is 2.03. The molecule has 0 saturated heterocycles. The second-order valence-corrected chi connectivity index (χ2v) is 2.38. The van der Waals surface area contributed by atoms with Gasteiger partial charge in [-0.15, -0.1) is 0 Å². The molecule has 0 radical (unpaired) electrons. The first-order valence-corrected chi connectivity index (χ1v) is 3.88. The Labute approximate surface area is 73.1 Å². The van der Waals surface area contributed by atoms with Gasteiger partial charge in [-0.1, -0.05) is 19.6 Å². The first-order valence-electron chi connectivity index (χ1n) is 3.88. The molecule has 1 N–H and O–H groups in total. The van der Waals surface area contributed by atoms with E-state index in [2.05, 4.69) is 11.9 Å². The molecule has 3 heteroatoms. The monoisotopic (exact) mass is 169 g/mol. The van der Waals surface area contributed by atoms with E-state index in [-0.39, 0.29) is 12.6 Å². The molecule has 0 heterocycles. The van der Waals surface area contributed by atoms with Gasteiger partial charge < -0.3 is 10.1 Å². The van der Waals surface area contributed by atoms with Crippen molar-refractivity contribution in [2.45, 2.75) is 20.3 Å². The van der Waals surface area contributed by atoms with Crippen LogP contribution in [0.1, 0.15) is 20.3 Å². The fourth-order valence-electron chi connectivity index (χ4n) is 0.470. The van der Waals surface area contributed by atoms with E-state index in [1.54, 1.807) is 13.2 Å². The van der Waals surface area contributed by atoms with Gasteiger partial charge in [0, 0.05) is 5.57 Å². The number of carbonyl (C=O) groups is 1. The number of hydrogen-bond donors (Lipinski definition) is 1. The molecule has 0 saturated carbocycles. The summed E-state index contributed by atoms with van der Waals surface area (Å²) in [5, 5.41) is 2.53. The standard InChI is InChI=1S/C9H15NO2/c1-4-5-6-12-7-10-9(11)8(2)3/h5-6H,2,4,7H2,1,3H3,(H,10,11). The van der Waals surface area contributed by atoms with E-state index in [0.717, 1.165) is 6.42 Å². The summed E-state index contributed by atoms with van der Waals surface area (Å²) in [6.45, 7) is 7.34. The fourth-order valence-corrected chi connectivity index (χ4v) is 0.470. The van der Waals surface area contributed by atoms with Gasteiger partial charge in [0.2, 0.25) is 5.91 Å². The van der Waals surface area contributed by atoms with Crippen LogP contribution >= 0.6 is 0 Å². The van der Waals surface area contributed by atoms with Crippen LogP contribution in [0.2, 0.25) is 0 Å². The predicted octanol–water partition coefficient (Wildman–Crippen LogP) is 1.58. The zero-order valence-electron chi connectivity index (χ0n) is 7.59. The van der Waals surface area contributed by atoms with Crippen molar-refractivity contribution in [2.75, 3.05) is 6.73 Å². The molecule has 0 aromatic carbocycles. The van der Waals surface area contributed by atoms with Crippen molar-refractivity contribution in [3.05, 3.63) is 24.5 Å². The van der Waals surface area contributed by atoms with Gasteiger partial charge in [0.15, 0.2) is 6.73 Å². The lowest BCUT2D eigenvalue weighted by atomic mass is 10.3. The third-order valence-corrected chi connectivity index (χ3v) is 1.13. The molecule has 1 amide bonds. The molecule has 0 fully saturated rings. The van der Waals surface area contributed by atoms with Crippen LogP contribution in [0.3, 0.4) is 0 Å². The Hall–Kier alpha value is -1.25. The highest BCUT2D eigenvalue weighted by Crippen LogP contribution is 1.85. The van der Waals surface area contributed by atoms with E-state index >= 15 is 0 Å². The highest BCUT2D eigenvalue weighted by atomic mass is 16.5. The Bertz CT molecular complexity index is 185. The van der Waals surface area contributed by atoms with Crippen molar-refractivity contribution in [1.29, 1.82) is 0 Å². The molecular weight excluding hydrogens is 154 g/mol. The summed E-state index contributed by atoms with van der Waals surface area (Å²) in [5.41, 5.74) is 0.484. The minimum Gasteiger partial charge on any atom is -0.481 e. The molecule has 0 aliphatic heterocycles. The van der Waals surface area contributed by atoms with Crippen molar-refractivity contribution in [2.24, 2.45) is 0 Å². The number of rotatable bonds is 5. The molecule has 0 aliphatic rings. The molecule has 68 valence electrons. The molecule has 0 aliphatic carbocycles. The Balaban J connectivity index is 3.38. The van der Waals surface area contributed by atoms with Crippen molar-refractivity contribution in [1.82, 2.24) is 5.32 Å². The number of allylic oxidation sites excluding steroid dienone is 1. The van der Waals surface area contributed by atoms with Gasteiger partial charge in [0.05, 0.1) is 6.26 Å². The minimum absolute atomic E-state index is 0.181. The molecular formula is C9H15NO2. The largest absolute Gasteiger partial charge is 0.481 e. The van der Waals surface area contributed by atoms with Crippen molar-refractivity contribution < 1.29 is 9.53 Å². The third kappa shape index (κ3) is 5.53. The van der Waals surface area contributed by atoms with Gasteiger partial charge >= 0.3 is 0 Å². The number of carbonyl (C=O) groups excluding carboxylic acids is 1. The fraction of sp³-hybridized carbons (Fsp3) is 0.444. The van der Waals surface area contributed by atoms with E-state index in [0.29, 0.717) is 5.57 Å². The predicted molar refractivity (Wildman–Crippen MR) is 48.3 cm³/mol. The maximum absolute atomic E-state index is 10.9. The van der Waals surface area contributed by atoms with Gasteiger partial charge in [-0.3, -0.25) is 4.79 Å². The average molecular weight is 169 g/mol. The summed E-state index contributed by atoms with van der Waals surface area (Å²) in [5.74, 6) is -0.181. The molecule has 12 heavy (non-hydrogen) atoms. The van der Waals surface area contributed by atoms with E-state index in [1.807, 2.05) is 13.0 Å². The molecule has 0 rings (SSSR count). The number of amides is 1. The van der Waals surface area contributed by atoms with Gasteiger partial charge in [0.1, 0.15) is 0 Å². The maximum atomic E-state index is 10.9. The lowest BCUT2D eigenvalue weighted by molar-refractivity contribution is -0.118. The zero-order valence-corrected chi connectivity index (χ0v) is 7.59. The van der Waals surface area contributed by atoms with Crippen LogP contribution in [0, 0.1) is 0 Å². The number of nitrogens with one attached hydrogen (secondary N) is 1. The van der Waals surface area contributed by atoms with Gasteiger partial charge in [-0.05, 0) is 13.3 Å². The lowest BCUT2D eigenvalue weighted by Gasteiger charge is -2.02. The normalized spacial score (nSPS) is 9.83. The highest BCUT2D eigenvalue weighted by Gasteiger charge is 1.97. The number of ether oxygens (including phenoxy) is 1. The first-order chi connectivity index (χ1) is 5.68. The smallest absolute Gasteiger partial charge is 0.248 e. The number of hydrogen-bond acceptors (Lipinski definition) is 2. The molecule has 0 aromatic rings. The summed E-state index contributed by atoms with van der Waals surface area (Å²) in [4.78, 5) is 10.9. The summed E-state index contributed by atoms with van der Waals surface area (Å²) in [7, 11) is 0. The van der Waals surface area contributed by atoms with Crippen LogP contribution in [-0.4, -0.2) is 12.6 Å². The second-order valence-electron chi connectivity index (χ2n) is 2.38. The van der Waals surface area contributed by atoms with Crippen LogP contribution < -0.4 is 5.32 Å². The van der Waals surface area contributed by atoms with Crippen LogP contribution in [0.25, 0.3) is 0 Å². The molecule has 0 spiro atoms. The summed E-state index contributed by atoms with van der Waals surface area (Å²) in [6, 6.07) is 0. The van der Waals surface area contributed by atoms with Crippen LogP contribution in [0.15, 0.2) is 24.5 Å². The summed E-state index contributed by atoms with van der Waals surface area (Å²) in [6.07, 6.45) is 4.36. The molecule has 0 atom stereocenters. The van der Waals surface area contributed by atoms with E-state index in [1.165, 1.54) is 0 Å². The van der Waals surface area contributed by atoms with E-state index < -0.39 is 0 Å². The Morgan fingerprint density at radius 3 is 2.83 bits per heavy atom. The van der Waals surface area contributed by atoms with Crippen molar-refractivity contribution in [3.63, 3.8) is 0 Å². The van der Waals surface area contributed by atoms with E-state index in [9.17, 15) is 4.79 Å². The molecule has 0 aromatic heterocycles. The highest BCUT2D eigenvalue weighted by molar-refractivity contribution is 5.91. The maximum Gasteiger partial charge on any atom is 0.248 e. The topological polar surface area (TPSA) is 38.3 Å². The van der Waals surface area contributed by atoms with Gasteiger partial charge in [0.25, 0.3) is 0 Å². The first kappa shape index (κ1) is 10.8. The zero-order chi connectivity index (χ0) is 9.40. The molecule has 0 bridgehead atoms. The second kappa shape index (κ2) is 6.46. The Kier molecular flexibility index (Phi) is 5.79. The summed E-state index contributed by atoms with van der Waals surface area (Å²) >= 11 is 0. The summed E-state index contributed by atoms with van der Waals surface area (Å²) < 4.78 is 4.94. The van der Waals surface area contributed by atoms with Gasteiger partial charge in [-0.2, -0.15) is 0 Å². The SMILES string of the molecule is C=C(C)C(=O)NCOC=CCC. The third-order valence-electron chi connectivity index (χ3n) is 1.13. The Morgan fingerprint density at radius 1 is 1.67 bits per heavy atom. The van der Waals surface area contributed by atoms with Gasteiger partial charge in [-0.25, -0.2) is 0 Å². The lowest BCUT2D eigenvalue weighted by Crippen LogP contribution is -2.25. The van der Waals surface area contributed by atoms with Crippen LogP contribution in [0.5, 0.6) is 0 Å². The minimum atomic E-state index is -0.181. The molecule has 3 nitrogen and oxygen atoms in total. The van der Waals surface area contributed by atoms with Crippen LogP contribution in [0.4, 0.5) is 0 Å². The van der Waals surface area contributed by atoms with Crippen molar-refractivity contribution >= 4 is 5.91 Å². The molecule has 0 unspecified atom stereocenters.